The van der Waals surface area contributed by atoms with Crippen LogP contribution < -0.4 is 5.32 Å². The van der Waals surface area contributed by atoms with E-state index < -0.39 is 23.6 Å². The van der Waals surface area contributed by atoms with Crippen molar-refractivity contribution in [3.8, 4) is 0 Å². The third kappa shape index (κ3) is 4.13. The van der Waals surface area contributed by atoms with Crippen LogP contribution in [0.5, 0.6) is 0 Å². The van der Waals surface area contributed by atoms with Gasteiger partial charge in [-0.1, -0.05) is 24.8 Å². The standard InChI is InChI=1S/C22H19F5N2/c1-13(18-11-21(18,23)24)29-20-12-28-19-9-6-15(10-17(19)20)3-2-14-4-7-16(8-5-14)22(25,26)27/h4-10,12,18,28-29H,1-3,11H2. The molecule has 2 aromatic carbocycles. The summed E-state index contributed by atoms with van der Waals surface area (Å²) in [7, 11) is 0. The minimum Gasteiger partial charge on any atom is -0.359 e. The first-order valence-electron chi connectivity index (χ1n) is 9.23. The molecule has 1 heterocycles. The lowest BCUT2D eigenvalue weighted by Crippen LogP contribution is -2.05. The van der Waals surface area contributed by atoms with Crippen molar-refractivity contribution >= 4 is 16.6 Å². The lowest BCUT2D eigenvalue weighted by molar-refractivity contribution is -0.137. The molecule has 2 nitrogen and oxygen atoms in total. The molecule has 1 aromatic heterocycles. The fraction of sp³-hybridized carbons (Fsp3) is 0.273. The zero-order valence-corrected chi connectivity index (χ0v) is 15.4. The summed E-state index contributed by atoms with van der Waals surface area (Å²) in [5.41, 5.74) is 3.00. The summed E-state index contributed by atoms with van der Waals surface area (Å²) in [6, 6.07) is 11.0. The van der Waals surface area contributed by atoms with Crippen molar-refractivity contribution in [3.63, 3.8) is 0 Å². The normalized spacial score (nSPS) is 18.0. The van der Waals surface area contributed by atoms with E-state index in [1.165, 1.54) is 12.1 Å². The fourth-order valence-electron chi connectivity index (χ4n) is 3.43. The second-order valence-corrected chi connectivity index (χ2v) is 7.44. The number of rotatable bonds is 6. The highest BCUT2D eigenvalue weighted by atomic mass is 19.4. The Morgan fingerprint density at radius 3 is 2.31 bits per heavy atom. The predicted octanol–water partition coefficient (Wildman–Crippen LogP) is 6.55. The number of alkyl halides is 5. The molecule has 0 radical (unpaired) electrons. The highest BCUT2D eigenvalue weighted by Crippen LogP contribution is 2.52. The highest BCUT2D eigenvalue weighted by Gasteiger charge is 2.58. The zero-order chi connectivity index (χ0) is 20.8. The molecule has 0 saturated heterocycles. The smallest absolute Gasteiger partial charge is 0.359 e. The Kier molecular flexibility index (Phi) is 4.63. The summed E-state index contributed by atoms with van der Waals surface area (Å²) in [6.45, 7) is 3.73. The van der Waals surface area contributed by atoms with Crippen molar-refractivity contribution in [1.29, 1.82) is 0 Å². The van der Waals surface area contributed by atoms with Gasteiger partial charge >= 0.3 is 6.18 Å². The van der Waals surface area contributed by atoms with Gasteiger partial charge in [0.15, 0.2) is 0 Å². The number of aromatic nitrogens is 1. The van der Waals surface area contributed by atoms with Gasteiger partial charge in [-0.15, -0.1) is 0 Å². The average molecular weight is 406 g/mol. The number of aryl methyl sites for hydroxylation is 2. The molecular weight excluding hydrogens is 387 g/mol. The molecular formula is C22H19F5N2. The molecule has 7 heteroatoms. The van der Waals surface area contributed by atoms with Gasteiger partial charge in [-0.2, -0.15) is 13.2 Å². The van der Waals surface area contributed by atoms with E-state index in [0.717, 1.165) is 34.2 Å². The van der Waals surface area contributed by atoms with Crippen molar-refractivity contribution in [2.45, 2.75) is 31.4 Å². The first-order valence-corrected chi connectivity index (χ1v) is 9.23. The van der Waals surface area contributed by atoms with Gasteiger partial charge in [0.2, 0.25) is 0 Å². The van der Waals surface area contributed by atoms with Crippen LogP contribution in [0.25, 0.3) is 10.9 Å². The van der Waals surface area contributed by atoms with Crippen molar-refractivity contribution in [2.75, 3.05) is 5.32 Å². The van der Waals surface area contributed by atoms with Gasteiger partial charge in [0, 0.05) is 29.2 Å². The van der Waals surface area contributed by atoms with Gasteiger partial charge in [0.25, 0.3) is 5.92 Å². The highest BCUT2D eigenvalue weighted by molar-refractivity contribution is 5.93. The summed E-state index contributed by atoms with van der Waals surface area (Å²) in [5.74, 6) is -3.52. The molecule has 1 saturated carbocycles. The van der Waals surface area contributed by atoms with E-state index in [4.69, 9.17) is 0 Å². The van der Waals surface area contributed by atoms with Gasteiger partial charge < -0.3 is 10.3 Å². The third-order valence-electron chi connectivity index (χ3n) is 5.27. The van der Waals surface area contributed by atoms with Gasteiger partial charge in [-0.05, 0) is 48.2 Å². The van der Waals surface area contributed by atoms with Crippen molar-refractivity contribution < 1.29 is 22.0 Å². The molecule has 0 aliphatic heterocycles. The minimum atomic E-state index is -4.34. The van der Waals surface area contributed by atoms with E-state index in [1.54, 1.807) is 6.20 Å². The molecule has 152 valence electrons. The molecule has 3 aromatic rings. The number of nitrogens with one attached hydrogen (secondary N) is 2. The minimum absolute atomic E-state index is 0.181. The molecule has 4 rings (SSSR count). The van der Waals surface area contributed by atoms with Gasteiger partial charge in [0.05, 0.1) is 17.2 Å². The van der Waals surface area contributed by atoms with Gasteiger partial charge in [-0.3, -0.25) is 0 Å². The van der Waals surface area contributed by atoms with Crippen LogP contribution in [-0.4, -0.2) is 10.9 Å². The molecule has 0 spiro atoms. The lowest BCUT2D eigenvalue weighted by atomic mass is 10.0. The Morgan fingerprint density at radius 1 is 1.07 bits per heavy atom. The van der Waals surface area contributed by atoms with Crippen molar-refractivity contribution in [3.05, 3.63) is 77.6 Å². The average Bonchev–Trinajstić information content (AvgIpc) is 3.14. The first kappa shape index (κ1) is 19.5. The SMILES string of the molecule is C=C(Nc1c[nH]c2ccc(CCc3ccc(C(F)(F)F)cc3)cc12)C1CC1(F)F. The summed E-state index contributed by atoms with van der Waals surface area (Å²) in [5, 5.41) is 3.85. The summed E-state index contributed by atoms with van der Waals surface area (Å²) in [6.07, 6.45) is -1.56. The number of allylic oxidation sites excluding steroid dienone is 1. The number of benzene rings is 2. The Labute approximate surface area is 164 Å². The number of hydrogen-bond acceptors (Lipinski definition) is 1. The number of aromatic amines is 1. The Bertz CT molecular complexity index is 1050. The van der Waals surface area contributed by atoms with Crippen LogP contribution in [0, 0.1) is 5.92 Å². The number of anilines is 1. The molecule has 29 heavy (non-hydrogen) atoms. The maximum Gasteiger partial charge on any atom is 0.416 e. The maximum absolute atomic E-state index is 13.2. The van der Waals surface area contributed by atoms with E-state index in [1.807, 2.05) is 18.2 Å². The zero-order valence-electron chi connectivity index (χ0n) is 15.4. The number of hydrogen-bond donors (Lipinski definition) is 2. The Hall–Kier alpha value is -2.83. The fourth-order valence-corrected chi connectivity index (χ4v) is 3.43. The summed E-state index contributed by atoms with van der Waals surface area (Å²) in [4.78, 5) is 3.10. The van der Waals surface area contributed by atoms with E-state index in [-0.39, 0.29) is 6.42 Å². The molecule has 2 N–H and O–H groups in total. The number of halogens is 5. The van der Waals surface area contributed by atoms with Crippen LogP contribution in [0.4, 0.5) is 27.6 Å². The predicted molar refractivity (Wildman–Crippen MR) is 103 cm³/mol. The van der Waals surface area contributed by atoms with E-state index in [9.17, 15) is 22.0 Å². The van der Waals surface area contributed by atoms with Crippen LogP contribution in [0.3, 0.4) is 0 Å². The van der Waals surface area contributed by atoms with E-state index in [2.05, 4.69) is 16.9 Å². The topological polar surface area (TPSA) is 27.8 Å². The van der Waals surface area contributed by atoms with Gasteiger partial charge in [0.1, 0.15) is 0 Å². The largest absolute Gasteiger partial charge is 0.416 e. The lowest BCUT2D eigenvalue weighted by Gasteiger charge is -2.09. The second kappa shape index (κ2) is 6.90. The van der Waals surface area contributed by atoms with Crippen LogP contribution in [0.1, 0.15) is 23.1 Å². The van der Waals surface area contributed by atoms with Crippen molar-refractivity contribution in [1.82, 2.24) is 4.98 Å². The van der Waals surface area contributed by atoms with Gasteiger partial charge in [-0.25, -0.2) is 8.78 Å². The summed E-state index contributed by atoms with van der Waals surface area (Å²) >= 11 is 0. The van der Waals surface area contributed by atoms with Crippen LogP contribution in [0.2, 0.25) is 0 Å². The van der Waals surface area contributed by atoms with Crippen molar-refractivity contribution in [2.24, 2.45) is 5.92 Å². The van der Waals surface area contributed by atoms with E-state index >= 15 is 0 Å². The quantitative estimate of drug-likeness (QED) is 0.446. The third-order valence-corrected chi connectivity index (χ3v) is 5.27. The molecule has 0 bridgehead atoms. The first-order chi connectivity index (χ1) is 13.6. The number of H-pyrrole nitrogens is 1. The molecule has 1 fully saturated rings. The maximum atomic E-state index is 13.2. The molecule has 0 amide bonds. The second-order valence-electron chi connectivity index (χ2n) is 7.44. The van der Waals surface area contributed by atoms with Crippen LogP contribution >= 0.6 is 0 Å². The van der Waals surface area contributed by atoms with Crippen LogP contribution in [-0.2, 0) is 19.0 Å². The monoisotopic (exact) mass is 406 g/mol. The molecule has 1 aliphatic rings. The van der Waals surface area contributed by atoms with Crippen LogP contribution in [0.15, 0.2) is 60.9 Å². The molecule has 1 unspecified atom stereocenters. The number of fused-ring (bicyclic) bond motifs is 1. The van der Waals surface area contributed by atoms with E-state index in [0.29, 0.717) is 24.2 Å². The Balaban J connectivity index is 1.45. The summed E-state index contributed by atoms with van der Waals surface area (Å²) < 4.78 is 64.4. The molecule has 1 aliphatic carbocycles. The Morgan fingerprint density at radius 2 is 1.69 bits per heavy atom. The molecule has 1 atom stereocenters.